The maximum absolute atomic E-state index is 3.68. The van der Waals surface area contributed by atoms with E-state index in [2.05, 4.69) is 74.4 Å². The van der Waals surface area contributed by atoms with Crippen LogP contribution in [0.5, 0.6) is 0 Å². The van der Waals surface area contributed by atoms with Gasteiger partial charge < -0.3 is 5.32 Å². The van der Waals surface area contributed by atoms with E-state index in [0.29, 0.717) is 0 Å². The minimum atomic E-state index is 0.237. The van der Waals surface area contributed by atoms with Gasteiger partial charge in [-0.2, -0.15) is 0 Å². The molecule has 0 radical (unpaired) electrons. The molecule has 1 heterocycles. The number of nitrogens with one attached hydrogen (secondary N) is 1. The topological polar surface area (TPSA) is 12.0 Å². The van der Waals surface area contributed by atoms with Crippen LogP contribution in [0, 0.1) is 6.92 Å². The van der Waals surface area contributed by atoms with Crippen LogP contribution in [0.3, 0.4) is 0 Å². The van der Waals surface area contributed by atoms with Crippen molar-refractivity contribution in [3.63, 3.8) is 0 Å². The van der Waals surface area contributed by atoms with Gasteiger partial charge in [0.25, 0.3) is 0 Å². The number of thiophene rings is 1. The van der Waals surface area contributed by atoms with Crippen molar-refractivity contribution in [2.75, 3.05) is 7.05 Å². The van der Waals surface area contributed by atoms with Crippen LogP contribution in [0.4, 0.5) is 0 Å². The first kappa shape index (κ1) is 13.3. The molecule has 0 aliphatic rings. The van der Waals surface area contributed by atoms with Crippen molar-refractivity contribution in [3.8, 4) is 0 Å². The summed E-state index contributed by atoms with van der Waals surface area (Å²) in [5.74, 6) is 0. The van der Waals surface area contributed by atoms with Gasteiger partial charge in [-0.25, -0.2) is 0 Å². The minimum absolute atomic E-state index is 0.237. The lowest BCUT2D eigenvalue weighted by molar-refractivity contribution is 0.700. The van der Waals surface area contributed by atoms with E-state index in [4.69, 9.17) is 0 Å². The quantitative estimate of drug-likeness (QED) is 0.806. The summed E-state index contributed by atoms with van der Waals surface area (Å²) in [5.41, 5.74) is 2.54. The van der Waals surface area contributed by atoms with Crippen LogP contribution >= 0.6 is 43.2 Å². The summed E-state index contributed by atoms with van der Waals surface area (Å²) in [4.78, 5) is 1.31. The second-order valence-corrected chi connectivity index (χ2v) is 7.13. The van der Waals surface area contributed by atoms with Crippen molar-refractivity contribution in [1.82, 2.24) is 5.32 Å². The van der Waals surface area contributed by atoms with Crippen LogP contribution < -0.4 is 5.32 Å². The van der Waals surface area contributed by atoms with Crippen LogP contribution in [0.2, 0.25) is 0 Å². The van der Waals surface area contributed by atoms with Gasteiger partial charge in [-0.3, -0.25) is 0 Å². The highest BCUT2D eigenvalue weighted by Crippen LogP contribution is 2.35. The highest BCUT2D eigenvalue weighted by Gasteiger charge is 2.17. The third-order valence-electron chi connectivity index (χ3n) is 2.70. The predicted molar refractivity (Wildman–Crippen MR) is 81.8 cm³/mol. The fourth-order valence-electron chi connectivity index (χ4n) is 1.83. The number of rotatable bonds is 3. The van der Waals surface area contributed by atoms with Crippen LogP contribution in [-0.2, 0) is 0 Å². The second kappa shape index (κ2) is 5.65. The van der Waals surface area contributed by atoms with Crippen LogP contribution in [0.25, 0.3) is 0 Å². The van der Waals surface area contributed by atoms with Crippen molar-refractivity contribution >= 4 is 43.2 Å². The Morgan fingerprint density at radius 3 is 2.53 bits per heavy atom. The zero-order valence-electron chi connectivity index (χ0n) is 9.63. The summed E-state index contributed by atoms with van der Waals surface area (Å²) >= 11 is 8.96. The Labute approximate surface area is 123 Å². The summed E-state index contributed by atoms with van der Waals surface area (Å²) in [6.45, 7) is 2.12. The average molecular weight is 375 g/mol. The summed E-state index contributed by atoms with van der Waals surface area (Å²) in [5, 5.41) is 3.38. The molecule has 0 aliphatic carbocycles. The first-order chi connectivity index (χ1) is 8.13. The molecule has 1 aromatic carbocycles. The molecule has 90 valence electrons. The van der Waals surface area contributed by atoms with Crippen molar-refractivity contribution < 1.29 is 0 Å². The molecule has 0 aliphatic heterocycles. The second-order valence-electron chi connectivity index (χ2n) is 3.84. The van der Waals surface area contributed by atoms with Crippen LogP contribution in [0.1, 0.15) is 22.0 Å². The van der Waals surface area contributed by atoms with E-state index in [0.717, 1.165) is 3.79 Å². The highest BCUT2D eigenvalue weighted by atomic mass is 79.9. The molecule has 0 spiro atoms. The third-order valence-corrected chi connectivity index (χ3v) is 5.47. The fourth-order valence-corrected chi connectivity index (χ4v) is 3.87. The summed E-state index contributed by atoms with van der Waals surface area (Å²) in [7, 11) is 1.99. The van der Waals surface area contributed by atoms with Crippen molar-refractivity contribution in [3.05, 3.63) is 54.6 Å². The maximum atomic E-state index is 3.68. The molecular weight excluding hydrogens is 362 g/mol. The first-order valence-corrected chi connectivity index (χ1v) is 7.71. The molecule has 1 nitrogen and oxygen atoms in total. The Balaban J connectivity index is 2.45. The summed E-state index contributed by atoms with van der Waals surface area (Å²) < 4.78 is 2.35. The van der Waals surface area contributed by atoms with Crippen molar-refractivity contribution in [2.24, 2.45) is 0 Å². The molecule has 0 fully saturated rings. The molecule has 2 aromatic rings. The molecule has 0 saturated heterocycles. The average Bonchev–Trinajstić information content (AvgIpc) is 2.72. The standard InChI is InChI=1S/C13H13Br2NS/c1-8-4-3-5-9(12(8)15)13(16-2)10-6-7-11(14)17-10/h3-7,13,16H,1-2H3. The van der Waals surface area contributed by atoms with Gasteiger partial charge in [0.05, 0.1) is 9.83 Å². The summed E-state index contributed by atoms with van der Waals surface area (Å²) in [6.07, 6.45) is 0. The molecular formula is C13H13Br2NS. The number of halogens is 2. The molecule has 17 heavy (non-hydrogen) atoms. The molecule has 1 atom stereocenters. The van der Waals surface area contributed by atoms with Gasteiger partial charge in [-0.15, -0.1) is 11.3 Å². The number of benzene rings is 1. The van der Waals surface area contributed by atoms with Crippen molar-refractivity contribution in [1.29, 1.82) is 0 Å². The Morgan fingerprint density at radius 2 is 1.94 bits per heavy atom. The molecule has 1 unspecified atom stereocenters. The van der Waals surface area contributed by atoms with E-state index >= 15 is 0 Å². The zero-order valence-corrected chi connectivity index (χ0v) is 13.6. The van der Waals surface area contributed by atoms with Gasteiger partial charge in [0.2, 0.25) is 0 Å². The first-order valence-electron chi connectivity index (χ1n) is 5.31. The Bertz CT molecular complexity index is 522. The lowest BCUT2D eigenvalue weighted by Gasteiger charge is -2.17. The Hall–Kier alpha value is -0.160. The van der Waals surface area contributed by atoms with E-state index < -0.39 is 0 Å². The number of hydrogen-bond donors (Lipinski definition) is 1. The molecule has 2 rings (SSSR count). The molecule has 0 bridgehead atoms. The van der Waals surface area contributed by atoms with Gasteiger partial charge in [-0.05, 0) is 53.2 Å². The van der Waals surface area contributed by atoms with E-state index in [-0.39, 0.29) is 6.04 Å². The van der Waals surface area contributed by atoms with Crippen LogP contribution in [-0.4, -0.2) is 7.05 Å². The van der Waals surface area contributed by atoms with Gasteiger partial charge in [0.15, 0.2) is 0 Å². The van der Waals surface area contributed by atoms with Crippen LogP contribution in [0.15, 0.2) is 38.6 Å². The van der Waals surface area contributed by atoms with Gasteiger partial charge in [0, 0.05) is 9.35 Å². The zero-order chi connectivity index (χ0) is 12.4. The molecule has 1 N–H and O–H groups in total. The largest absolute Gasteiger partial charge is 0.309 e. The van der Waals surface area contributed by atoms with E-state index in [1.807, 2.05) is 7.05 Å². The van der Waals surface area contributed by atoms with Gasteiger partial charge in [0.1, 0.15) is 0 Å². The fraction of sp³-hybridized carbons (Fsp3) is 0.231. The van der Waals surface area contributed by atoms with Gasteiger partial charge >= 0.3 is 0 Å². The number of aryl methyl sites for hydroxylation is 1. The van der Waals surface area contributed by atoms with E-state index in [9.17, 15) is 0 Å². The van der Waals surface area contributed by atoms with Crippen molar-refractivity contribution in [2.45, 2.75) is 13.0 Å². The lowest BCUT2D eigenvalue weighted by atomic mass is 10.0. The highest BCUT2D eigenvalue weighted by molar-refractivity contribution is 9.11. The molecule has 1 aromatic heterocycles. The predicted octanol–water partition coefficient (Wildman–Crippen LogP) is 4.89. The van der Waals surface area contributed by atoms with E-state index in [1.165, 1.54) is 20.5 Å². The van der Waals surface area contributed by atoms with Gasteiger partial charge in [-0.1, -0.05) is 34.1 Å². The monoisotopic (exact) mass is 373 g/mol. The minimum Gasteiger partial charge on any atom is -0.309 e. The normalized spacial score (nSPS) is 12.7. The third kappa shape index (κ3) is 2.81. The lowest BCUT2D eigenvalue weighted by Crippen LogP contribution is -2.17. The molecule has 0 amide bonds. The number of hydrogen-bond acceptors (Lipinski definition) is 2. The smallest absolute Gasteiger partial charge is 0.0702 e. The van der Waals surface area contributed by atoms with E-state index in [1.54, 1.807) is 11.3 Å². The maximum Gasteiger partial charge on any atom is 0.0702 e. The Kier molecular flexibility index (Phi) is 4.42. The SMILES string of the molecule is CNC(c1ccc(Br)s1)c1cccc(C)c1Br. The summed E-state index contributed by atoms with van der Waals surface area (Å²) in [6, 6.07) is 10.9. The molecule has 0 saturated carbocycles. The molecule has 4 heteroatoms. The Morgan fingerprint density at radius 1 is 1.18 bits per heavy atom.